The normalized spacial score (nSPS) is 10.7. The van der Waals surface area contributed by atoms with Gasteiger partial charge in [0.05, 0.1) is 17.7 Å². The van der Waals surface area contributed by atoms with Crippen LogP contribution in [-0.2, 0) is 4.74 Å². The van der Waals surface area contributed by atoms with Crippen molar-refractivity contribution in [3.05, 3.63) is 83.6 Å². The van der Waals surface area contributed by atoms with Crippen LogP contribution in [0.3, 0.4) is 0 Å². The number of benzene rings is 2. The van der Waals surface area contributed by atoms with Gasteiger partial charge in [0.1, 0.15) is 5.69 Å². The molecule has 0 spiro atoms. The maximum absolute atomic E-state index is 11.9. The van der Waals surface area contributed by atoms with Crippen LogP contribution in [0.25, 0.3) is 33.7 Å². The maximum atomic E-state index is 11.9. The number of rotatable bonds is 5. The van der Waals surface area contributed by atoms with Gasteiger partial charge in [-0.15, -0.1) is 0 Å². The van der Waals surface area contributed by atoms with Crippen molar-refractivity contribution in [2.24, 2.45) is 0 Å². The summed E-state index contributed by atoms with van der Waals surface area (Å²) in [6.07, 6.45) is 3.48. The lowest BCUT2D eigenvalue weighted by atomic mass is 9.97. The van der Waals surface area contributed by atoms with E-state index in [-0.39, 0.29) is 5.97 Å². The topological polar surface area (TPSA) is 65.2 Å². The summed E-state index contributed by atoms with van der Waals surface area (Å²) < 4.78 is 10.8. The van der Waals surface area contributed by atoms with E-state index < -0.39 is 0 Å². The molecule has 0 fully saturated rings. The molecule has 0 bridgehead atoms. The van der Waals surface area contributed by atoms with Crippen LogP contribution >= 0.6 is 11.6 Å². The third-order valence-electron chi connectivity index (χ3n) is 4.42. The molecule has 0 saturated carbocycles. The molecule has 29 heavy (non-hydrogen) atoms. The molecule has 0 aliphatic carbocycles. The van der Waals surface area contributed by atoms with Crippen LogP contribution in [0.15, 0.2) is 77.6 Å². The minimum Gasteiger partial charge on any atom is -0.462 e. The Hall–Kier alpha value is -3.44. The van der Waals surface area contributed by atoms with E-state index in [9.17, 15) is 4.79 Å². The quantitative estimate of drug-likeness (QED) is 0.387. The van der Waals surface area contributed by atoms with Gasteiger partial charge >= 0.3 is 5.97 Å². The number of esters is 1. The maximum Gasteiger partial charge on any atom is 0.338 e. The van der Waals surface area contributed by atoms with Crippen LogP contribution in [-0.4, -0.2) is 22.7 Å². The van der Waals surface area contributed by atoms with Gasteiger partial charge in [-0.25, -0.2) is 4.79 Å². The number of ether oxygens (including phenoxy) is 1. The van der Waals surface area contributed by atoms with Crippen LogP contribution < -0.4 is 0 Å². The molecule has 0 amide bonds. The molecule has 0 radical (unpaired) electrons. The Kier molecular flexibility index (Phi) is 5.40. The van der Waals surface area contributed by atoms with Crippen molar-refractivity contribution in [2.45, 2.75) is 6.92 Å². The molecular formula is C23H17ClN2O3. The van der Waals surface area contributed by atoms with E-state index in [1.807, 2.05) is 48.5 Å². The van der Waals surface area contributed by atoms with Crippen LogP contribution in [0.5, 0.6) is 0 Å². The highest BCUT2D eigenvalue weighted by atomic mass is 35.5. The molecule has 2 aromatic carbocycles. The monoisotopic (exact) mass is 404 g/mol. The summed E-state index contributed by atoms with van der Waals surface area (Å²) in [7, 11) is 0. The van der Waals surface area contributed by atoms with Gasteiger partial charge in [-0.1, -0.05) is 47.1 Å². The molecule has 0 atom stereocenters. The van der Waals surface area contributed by atoms with Crippen molar-refractivity contribution in [2.75, 3.05) is 6.61 Å². The highest BCUT2D eigenvalue weighted by molar-refractivity contribution is 6.30. The standard InChI is InChI=1S/C23H17ClN2O3/c1-2-28-23(27)17-7-5-16(6-8-17)22-20(18-4-3-13-25-14-18)21(26-29-22)15-9-11-19(24)12-10-15/h3-14H,2H2,1H3. The summed E-state index contributed by atoms with van der Waals surface area (Å²) >= 11 is 6.03. The zero-order valence-electron chi connectivity index (χ0n) is 15.6. The molecule has 144 valence electrons. The number of nitrogens with zero attached hydrogens (tertiary/aromatic N) is 2. The van der Waals surface area contributed by atoms with E-state index in [1.165, 1.54) is 0 Å². The lowest BCUT2D eigenvalue weighted by molar-refractivity contribution is 0.0526. The van der Waals surface area contributed by atoms with Gasteiger partial charge in [-0.2, -0.15) is 0 Å². The summed E-state index contributed by atoms with van der Waals surface area (Å²) in [5, 5.41) is 4.97. The average molecular weight is 405 g/mol. The second kappa shape index (κ2) is 8.29. The number of hydrogen-bond donors (Lipinski definition) is 0. The van der Waals surface area contributed by atoms with Crippen molar-refractivity contribution in [3.63, 3.8) is 0 Å². The van der Waals surface area contributed by atoms with E-state index >= 15 is 0 Å². The number of halogens is 1. The Morgan fingerprint density at radius 3 is 2.38 bits per heavy atom. The van der Waals surface area contributed by atoms with Gasteiger partial charge in [-0.05, 0) is 37.3 Å². The first kappa shape index (κ1) is 18.9. The fourth-order valence-corrected chi connectivity index (χ4v) is 3.17. The first-order valence-electron chi connectivity index (χ1n) is 9.11. The molecule has 6 heteroatoms. The molecule has 5 nitrogen and oxygen atoms in total. The Morgan fingerprint density at radius 1 is 1.00 bits per heavy atom. The van der Waals surface area contributed by atoms with Crippen molar-refractivity contribution < 1.29 is 14.1 Å². The van der Waals surface area contributed by atoms with Crippen molar-refractivity contribution in [1.29, 1.82) is 0 Å². The molecule has 0 saturated heterocycles. The predicted molar refractivity (Wildman–Crippen MR) is 112 cm³/mol. The molecule has 2 heterocycles. The minimum atomic E-state index is -0.356. The van der Waals surface area contributed by atoms with Crippen molar-refractivity contribution in [1.82, 2.24) is 10.1 Å². The smallest absolute Gasteiger partial charge is 0.338 e. The summed E-state index contributed by atoms with van der Waals surface area (Å²) in [6, 6.07) is 18.3. The fraction of sp³-hybridized carbons (Fsp3) is 0.0870. The zero-order valence-corrected chi connectivity index (χ0v) is 16.4. The molecule has 0 unspecified atom stereocenters. The van der Waals surface area contributed by atoms with Gasteiger partial charge in [0.25, 0.3) is 0 Å². The summed E-state index contributed by atoms with van der Waals surface area (Å²) in [5.41, 5.74) is 4.55. The van der Waals surface area contributed by atoms with Crippen LogP contribution in [0.2, 0.25) is 5.02 Å². The molecule has 4 aromatic rings. The van der Waals surface area contributed by atoms with Gasteiger partial charge in [-0.3, -0.25) is 4.98 Å². The van der Waals surface area contributed by atoms with Gasteiger partial charge in [0, 0.05) is 34.1 Å². The summed E-state index contributed by atoms with van der Waals surface area (Å²) in [4.78, 5) is 16.2. The van der Waals surface area contributed by atoms with E-state index in [0.717, 1.165) is 22.3 Å². The van der Waals surface area contributed by atoms with Crippen molar-refractivity contribution >= 4 is 17.6 Å². The Bertz CT molecular complexity index is 1120. The Balaban J connectivity index is 1.82. The van der Waals surface area contributed by atoms with E-state index in [4.69, 9.17) is 20.9 Å². The Morgan fingerprint density at radius 2 is 1.72 bits per heavy atom. The second-order valence-corrected chi connectivity index (χ2v) is 6.72. The SMILES string of the molecule is CCOC(=O)c1ccc(-c2onc(-c3ccc(Cl)cc3)c2-c2cccnc2)cc1. The van der Waals surface area contributed by atoms with E-state index in [2.05, 4.69) is 10.1 Å². The lowest BCUT2D eigenvalue weighted by Gasteiger charge is -2.06. The van der Waals surface area contributed by atoms with E-state index in [0.29, 0.717) is 28.6 Å². The summed E-state index contributed by atoms with van der Waals surface area (Å²) in [5.74, 6) is 0.240. The third kappa shape index (κ3) is 3.91. The third-order valence-corrected chi connectivity index (χ3v) is 4.67. The zero-order chi connectivity index (χ0) is 20.2. The molecule has 0 aliphatic heterocycles. The summed E-state index contributed by atoms with van der Waals surface area (Å²) in [6.45, 7) is 2.11. The van der Waals surface area contributed by atoms with Gasteiger partial charge in [0.15, 0.2) is 5.76 Å². The van der Waals surface area contributed by atoms with Crippen LogP contribution in [0.4, 0.5) is 0 Å². The van der Waals surface area contributed by atoms with E-state index in [1.54, 1.807) is 31.5 Å². The Labute approximate surface area is 172 Å². The number of carbonyl (C=O) groups excluding carboxylic acids is 1. The first-order chi connectivity index (χ1) is 14.2. The molecule has 4 rings (SSSR count). The highest BCUT2D eigenvalue weighted by Crippen LogP contribution is 2.39. The largest absolute Gasteiger partial charge is 0.462 e. The van der Waals surface area contributed by atoms with Crippen molar-refractivity contribution in [3.8, 4) is 33.7 Å². The number of carbonyl (C=O) groups is 1. The molecule has 2 aromatic heterocycles. The average Bonchev–Trinajstić information content (AvgIpc) is 3.20. The van der Waals surface area contributed by atoms with Crippen LogP contribution in [0.1, 0.15) is 17.3 Å². The van der Waals surface area contributed by atoms with Gasteiger partial charge < -0.3 is 9.26 Å². The molecule has 0 N–H and O–H groups in total. The highest BCUT2D eigenvalue weighted by Gasteiger charge is 2.21. The second-order valence-electron chi connectivity index (χ2n) is 6.28. The number of aromatic nitrogens is 2. The molecular weight excluding hydrogens is 388 g/mol. The molecule has 0 aliphatic rings. The number of hydrogen-bond acceptors (Lipinski definition) is 5. The van der Waals surface area contributed by atoms with Crippen LogP contribution in [0, 0.1) is 0 Å². The predicted octanol–water partition coefficient (Wildman–Crippen LogP) is 5.90. The minimum absolute atomic E-state index is 0.332. The number of pyridine rings is 1. The van der Waals surface area contributed by atoms with Gasteiger partial charge in [0.2, 0.25) is 0 Å². The fourth-order valence-electron chi connectivity index (χ4n) is 3.04. The lowest BCUT2D eigenvalue weighted by Crippen LogP contribution is -2.03. The first-order valence-corrected chi connectivity index (χ1v) is 9.48.